The van der Waals surface area contributed by atoms with Crippen molar-refractivity contribution in [3.63, 3.8) is 0 Å². The van der Waals surface area contributed by atoms with Crippen LogP contribution in [-0.2, 0) is 0 Å². The maximum absolute atomic E-state index is 9.38. The molecule has 0 aliphatic heterocycles. The molecule has 0 radical (unpaired) electrons. The van der Waals surface area contributed by atoms with Crippen LogP contribution in [-0.4, -0.2) is 0 Å². The van der Waals surface area contributed by atoms with Gasteiger partial charge in [-0.15, -0.1) is 0 Å². The van der Waals surface area contributed by atoms with Gasteiger partial charge in [0.25, 0.3) is 0 Å². The quantitative estimate of drug-likeness (QED) is 0.701. The molecule has 100 valence electrons. The minimum atomic E-state index is 0.394. The highest BCUT2D eigenvalue weighted by Gasteiger charge is 2.31. The predicted octanol–water partition coefficient (Wildman–Crippen LogP) is 4.82. The zero-order valence-corrected chi connectivity index (χ0v) is 11.7. The van der Waals surface area contributed by atoms with E-state index in [0.717, 1.165) is 11.8 Å². The van der Waals surface area contributed by atoms with E-state index in [1.54, 1.807) is 6.07 Å². The molecule has 0 heterocycles. The molecule has 0 amide bonds. The van der Waals surface area contributed by atoms with Gasteiger partial charge in [-0.25, -0.2) is 0 Å². The topological polar surface area (TPSA) is 47.6 Å². The van der Waals surface area contributed by atoms with Crippen molar-refractivity contribution in [2.45, 2.75) is 71.1 Å². The molecule has 0 aromatic heterocycles. The normalized spacial score (nSPS) is 21.6. The Kier molecular flexibility index (Phi) is 7.51. The summed E-state index contributed by atoms with van der Waals surface area (Å²) in [7, 11) is 0. The van der Waals surface area contributed by atoms with Gasteiger partial charge in [-0.1, -0.05) is 38.5 Å². The maximum atomic E-state index is 9.38. The third kappa shape index (κ3) is 4.69. The van der Waals surface area contributed by atoms with Gasteiger partial charge in [0.05, 0.1) is 18.1 Å². The Morgan fingerprint density at radius 3 is 1.39 bits per heavy atom. The Morgan fingerprint density at radius 2 is 1.11 bits per heavy atom. The van der Waals surface area contributed by atoms with Gasteiger partial charge in [-0.05, 0) is 37.5 Å². The van der Waals surface area contributed by atoms with Gasteiger partial charge in [0.1, 0.15) is 0 Å². The molecule has 2 nitrogen and oxygen atoms in total. The molecule has 0 N–H and O–H groups in total. The lowest BCUT2D eigenvalue weighted by Gasteiger charge is -2.33. The van der Waals surface area contributed by atoms with Crippen LogP contribution < -0.4 is 0 Å². The monoisotopic (exact) mass is 246 g/mol. The summed E-state index contributed by atoms with van der Waals surface area (Å²) in [5.41, 5.74) is 0. The van der Waals surface area contributed by atoms with Crippen LogP contribution in [0.25, 0.3) is 0 Å². The molecule has 0 saturated heterocycles. The van der Waals surface area contributed by atoms with Crippen LogP contribution in [0.5, 0.6) is 0 Å². The smallest absolute Gasteiger partial charge is 0.0661 e. The standard InChI is InChI=1S/C14H23N.C2H3N/c15-11-14(12-7-3-1-4-8-12)13-9-5-2-6-10-13;1-2-3/h12-14H,1-10H2;1H3. The molecule has 0 spiro atoms. The van der Waals surface area contributed by atoms with Gasteiger partial charge in [-0.3, -0.25) is 0 Å². The number of hydrogen-bond donors (Lipinski definition) is 0. The molecule has 2 rings (SSSR count). The maximum Gasteiger partial charge on any atom is 0.0661 e. The molecule has 0 aromatic carbocycles. The average molecular weight is 246 g/mol. The number of nitrogens with zero attached hydrogens (tertiary/aromatic N) is 2. The van der Waals surface area contributed by atoms with Gasteiger partial charge in [0.2, 0.25) is 0 Å². The largest absolute Gasteiger partial charge is 0.199 e. The molecule has 2 fully saturated rings. The molecule has 2 aliphatic carbocycles. The van der Waals surface area contributed by atoms with Crippen LogP contribution in [0.4, 0.5) is 0 Å². The van der Waals surface area contributed by atoms with Crippen LogP contribution in [0.3, 0.4) is 0 Å². The highest BCUT2D eigenvalue weighted by Crippen LogP contribution is 2.39. The summed E-state index contributed by atoms with van der Waals surface area (Å²) in [4.78, 5) is 0. The summed E-state index contributed by atoms with van der Waals surface area (Å²) in [5, 5.41) is 16.7. The molecular weight excluding hydrogens is 220 g/mol. The van der Waals surface area contributed by atoms with Crippen molar-refractivity contribution in [3.8, 4) is 12.1 Å². The molecule has 0 unspecified atom stereocenters. The van der Waals surface area contributed by atoms with Gasteiger partial charge >= 0.3 is 0 Å². The van der Waals surface area contributed by atoms with Crippen molar-refractivity contribution in [2.75, 3.05) is 0 Å². The van der Waals surface area contributed by atoms with Gasteiger partial charge in [0, 0.05) is 6.92 Å². The number of nitriles is 2. The summed E-state index contributed by atoms with van der Waals surface area (Å²) in [6.07, 6.45) is 13.6. The lowest BCUT2D eigenvalue weighted by atomic mass is 9.70. The van der Waals surface area contributed by atoms with Crippen molar-refractivity contribution >= 4 is 0 Å². The van der Waals surface area contributed by atoms with E-state index >= 15 is 0 Å². The van der Waals surface area contributed by atoms with E-state index in [1.165, 1.54) is 71.1 Å². The van der Waals surface area contributed by atoms with E-state index in [-0.39, 0.29) is 0 Å². The van der Waals surface area contributed by atoms with Gasteiger partial charge in [0.15, 0.2) is 0 Å². The minimum Gasteiger partial charge on any atom is -0.199 e. The van der Waals surface area contributed by atoms with E-state index in [4.69, 9.17) is 5.26 Å². The Balaban J connectivity index is 0.000000492. The second-order valence-corrected chi connectivity index (χ2v) is 5.67. The summed E-state index contributed by atoms with van der Waals surface area (Å²) < 4.78 is 0. The molecular formula is C16H26N2. The Hall–Kier alpha value is -1.02. The first-order valence-electron chi connectivity index (χ1n) is 7.54. The summed E-state index contributed by atoms with van der Waals surface area (Å²) >= 11 is 0. The third-order valence-corrected chi connectivity index (χ3v) is 4.46. The zero-order valence-electron chi connectivity index (χ0n) is 11.7. The zero-order chi connectivity index (χ0) is 13.2. The Bertz CT molecular complexity index is 267. The van der Waals surface area contributed by atoms with E-state index in [2.05, 4.69) is 6.07 Å². The highest BCUT2D eigenvalue weighted by molar-refractivity contribution is 4.94. The summed E-state index contributed by atoms with van der Waals surface area (Å²) in [6.45, 7) is 1.43. The molecule has 18 heavy (non-hydrogen) atoms. The fourth-order valence-corrected chi connectivity index (χ4v) is 3.58. The van der Waals surface area contributed by atoms with Gasteiger partial charge < -0.3 is 0 Å². The lowest BCUT2D eigenvalue weighted by molar-refractivity contribution is 0.187. The van der Waals surface area contributed by atoms with Crippen LogP contribution >= 0.6 is 0 Å². The van der Waals surface area contributed by atoms with Crippen molar-refractivity contribution in [1.82, 2.24) is 0 Å². The number of rotatable bonds is 2. The minimum absolute atomic E-state index is 0.394. The summed E-state index contributed by atoms with van der Waals surface area (Å²) in [5.74, 6) is 1.88. The first kappa shape index (κ1) is 15.0. The molecule has 0 atom stereocenters. The van der Waals surface area contributed by atoms with Gasteiger partial charge in [-0.2, -0.15) is 10.5 Å². The molecule has 2 heteroatoms. The Morgan fingerprint density at radius 1 is 0.778 bits per heavy atom. The van der Waals surface area contributed by atoms with Crippen molar-refractivity contribution in [1.29, 1.82) is 10.5 Å². The van der Waals surface area contributed by atoms with Crippen LogP contribution in [0.2, 0.25) is 0 Å². The first-order chi connectivity index (χ1) is 8.83. The molecule has 0 bridgehead atoms. The fourth-order valence-electron chi connectivity index (χ4n) is 3.58. The second kappa shape index (κ2) is 8.98. The van der Waals surface area contributed by atoms with E-state index in [1.807, 2.05) is 0 Å². The van der Waals surface area contributed by atoms with Crippen molar-refractivity contribution < 1.29 is 0 Å². The second-order valence-electron chi connectivity index (χ2n) is 5.67. The van der Waals surface area contributed by atoms with Crippen LogP contribution in [0.1, 0.15) is 71.1 Å². The van der Waals surface area contributed by atoms with Crippen molar-refractivity contribution in [2.24, 2.45) is 17.8 Å². The Labute approximate surface area is 112 Å². The summed E-state index contributed by atoms with van der Waals surface area (Å²) in [6, 6.07) is 4.39. The average Bonchev–Trinajstić information content (AvgIpc) is 2.43. The van der Waals surface area contributed by atoms with E-state index in [9.17, 15) is 5.26 Å². The molecule has 2 aliphatic rings. The predicted molar refractivity (Wildman–Crippen MR) is 73.5 cm³/mol. The van der Waals surface area contributed by atoms with Crippen LogP contribution in [0.15, 0.2) is 0 Å². The lowest BCUT2D eigenvalue weighted by Crippen LogP contribution is -2.26. The SMILES string of the molecule is CC#N.N#CC(C1CCCCC1)C1CCCCC1. The highest BCUT2D eigenvalue weighted by atomic mass is 14.4. The fraction of sp³-hybridized carbons (Fsp3) is 0.875. The third-order valence-electron chi connectivity index (χ3n) is 4.46. The van der Waals surface area contributed by atoms with E-state index in [0.29, 0.717) is 5.92 Å². The van der Waals surface area contributed by atoms with Crippen molar-refractivity contribution in [3.05, 3.63) is 0 Å². The number of hydrogen-bond acceptors (Lipinski definition) is 2. The first-order valence-corrected chi connectivity index (χ1v) is 7.54. The molecule has 0 aromatic rings. The van der Waals surface area contributed by atoms with Crippen LogP contribution in [0, 0.1) is 40.4 Å². The van der Waals surface area contributed by atoms with E-state index < -0.39 is 0 Å². The molecule has 2 saturated carbocycles.